The molecule has 0 aliphatic carbocycles. The number of sulfonamides is 1. The first-order valence-electron chi connectivity index (χ1n) is 9.65. The molecule has 1 aliphatic rings. The standard InChI is InChI=1S/C21H25N3O5S/c1-14-5-3-4-12-24(14)30(27,28)17-9-6-15(7-10-17)21(26)23-18-13-16(20(22)25)8-11-19(18)29-2/h6-11,13-14H,3-5,12H2,1-2H3,(H2,22,25)(H,23,26). The van der Waals surface area contributed by atoms with Crippen molar-refractivity contribution in [3.05, 3.63) is 53.6 Å². The van der Waals surface area contributed by atoms with Crippen molar-refractivity contribution in [2.75, 3.05) is 19.0 Å². The Morgan fingerprint density at radius 1 is 1.10 bits per heavy atom. The average molecular weight is 432 g/mol. The molecule has 3 rings (SSSR count). The van der Waals surface area contributed by atoms with Gasteiger partial charge in [-0.25, -0.2) is 8.42 Å². The maximum absolute atomic E-state index is 12.9. The minimum Gasteiger partial charge on any atom is -0.495 e. The fourth-order valence-electron chi connectivity index (χ4n) is 3.50. The van der Waals surface area contributed by atoms with Gasteiger partial charge in [0, 0.05) is 23.7 Å². The van der Waals surface area contributed by atoms with E-state index in [4.69, 9.17) is 10.5 Å². The number of ether oxygens (including phenoxy) is 1. The van der Waals surface area contributed by atoms with Crippen LogP contribution >= 0.6 is 0 Å². The number of methoxy groups -OCH3 is 1. The number of anilines is 1. The highest BCUT2D eigenvalue weighted by Crippen LogP contribution is 2.27. The monoisotopic (exact) mass is 431 g/mol. The van der Waals surface area contributed by atoms with Crippen molar-refractivity contribution < 1.29 is 22.7 Å². The number of nitrogens with two attached hydrogens (primary N) is 1. The van der Waals surface area contributed by atoms with E-state index in [1.165, 1.54) is 53.9 Å². The number of primary amides is 1. The van der Waals surface area contributed by atoms with Crippen LogP contribution in [0.25, 0.3) is 0 Å². The van der Waals surface area contributed by atoms with E-state index in [0.29, 0.717) is 12.3 Å². The van der Waals surface area contributed by atoms with E-state index in [9.17, 15) is 18.0 Å². The van der Waals surface area contributed by atoms with Crippen LogP contribution in [0, 0.1) is 0 Å². The number of hydrogen-bond donors (Lipinski definition) is 2. The molecule has 8 nitrogen and oxygen atoms in total. The largest absolute Gasteiger partial charge is 0.495 e. The van der Waals surface area contributed by atoms with Crippen LogP contribution in [0.2, 0.25) is 0 Å². The molecule has 1 unspecified atom stereocenters. The van der Waals surface area contributed by atoms with Gasteiger partial charge in [0.15, 0.2) is 0 Å². The maximum atomic E-state index is 12.9. The molecule has 9 heteroatoms. The molecule has 160 valence electrons. The highest BCUT2D eigenvalue weighted by atomic mass is 32.2. The van der Waals surface area contributed by atoms with Gasteiger partial charge in [0.25, 0.3) is 5.91 Å². The molecule has 2 amide bonds. The van der Waals surface area contributed by atoms with Crippen molar-refractivity contribution in [3.63, 3.8) is 0 Å². The topological polar surface area (TPSA) is 119 Å². The number of carbonyl (C=O) groups is 2. The first-order chi connectivity index (χ1) is 14.2. The van der Waals surface area contributed by atoms with E-state index in [-0.39, 0.29) is 27.8 Å². The molecule has 2 aromatic carbocycles. The molecular weight excluding hydrogens is 406 g/mol. The lowest BCUT2D eigenvalue weighted by atomic mass is 10.1. The van der Waals surface area contributed by atoms with Gasteiger partial charge in [0.05, 0.1) is 17.7 Å². The van der Waals surface area contributed by atoms with Crippen molar-refractivity contribution in [1.82, 2.24) is 4.31 Å². The molecule has 0 spiro atoms. The maximum Gasteiger partial charge on any atom is 0.255 e. The molecule has 30 heavy (non-hydrogen) atoms. The van der Waals surface area contributed by atoms with Crippen LogP contribution in [0.5, 0.6) is 5.75 Å². The van der Waals surface area contributed by atoms with Gasteiger partial charge in [-0.15, -0.1) is 0 Å². The molecule has 3 N–H and O–H groups in total. The number of rotatable bonds is 6. The van der Waals surface area contributed by atoms with Crippen molar-refractivity contribution in [2.24, 2.45) is 5.73 Å². The Kier molecular flexibility index (Phi) is 6.42. The Balaban J connectivity index is 1.80. The number of benzene rings is 2. The normalized spacial score (nSPS) is 17.3. The quantitative estimate of drug-likeness (QED) is 0.729. The molecule has 1 atom stereocenters. The van der Waals surface area contributed by atoms with Gasteiger partial charge in [-0.1, -0.05) is 6.42 Å². The van der Waals surface area contributed by atoms with Gasteiger partial charge in [0.2, 0.25) is 15.9 Å². The number of amides is 2. The van der Waals surface area contributed by atoms with E-state index in [1.54, 1.807) is 0 Å². The van der Waals surface area contributed by atoms with E-state index in [0.717, 1.165) is 19.3 Å². The summed E-state index contributed by atoms with van der Waals surface area (Å²) in [6.07, 6.45) is 2.70. The van der Waals surface area contributed by atoms with Crippen molar-refractivity contribution in [2.45, 2.75) is 37.1 Å². The van der Waals surface area contributed by atoms with Gasteiger partial charge in [-0.05, 0) is 62.2 Å². The third kappa shape index (κ3) is 4.47. The molecule has 1 fully saturated rings. The lowest BCUT2D eigenvalue weighted by molar-refractivity contribution is 0.0996. The summed E-state index contributed by atoms with van der Waals surface area (Å²) in [6.45, 7) is 2.41. The number of piperidine rings is 1. The fraction of sp³-hybridized carbons (Fsp3) is 0.333. The van der Waals surface area contributed by atoms with Gasteiger partial charge >= 0.3 is 0 Å². The van der Waals surface area contributed by atoms with Gasteiger partial charge in [-0.2, -0.15) is 4.31 Å². The SMILES string of the molecule is COc1ccc(C(N)=O)cc1NC(=O)c1ccc(S(=O)(=O)N2CCCCC2C)cc1. The summed E-state index contributed by atoms with van der Waals surface area (Å²) in [5.41, 5.74) is 6.08. The first kappa shape index (κ1) is 21.8. The lowest BCUT2D eigenvalue weighted by Gasteiger charge is -2.32. The summed E-state index contributed by atoms with van der Waals surface area (Å²) in [4.78, 5) is 24.2. The number of hydrogen-bond acceptors (Lipinski definition) is 5. The van der Waals surface area contributed by atoms with Gasteiger partial charge in [0.1, 0.15) is 5.75 Å². The molecule has 0 saturated carbocycles. The van der Waals surface area contributed by atoms with Crippen LogP contribution in [0.4, 0.5) is 5.69 Å². The van der Waals surface area contributed by atoms with Crippen LogP contribution in [0.1, 0.15) is 46.9 Å². The lowest BCUT2D eigenvalue weighted by Crippen LogP contribution is -2.41. The van der Waals surface area contributed by atoms with Gasteiger partial charge < -0.3 is 15.8 Å². The summed E-state index contributed by atoms with van der Waals surface area (Å²) in [5, 5.41) is 2.67. The molecular formula is C21H25N3O5S. The fourth-order valence-corrected chi connectivity index (χ4v) is 5.20. The Morgan fingerprint density at radius 2 is 1.77 bits per heavy atom. The van der Waals surface area contributed by atoms with Crippen LogP contribution in [-0.4, -0.2) is 44.2 Å². The van der Waals surface area contributed by atoms with Gasteiger partial charge in [-0.3, -0.25) is 9.59 Å². The highest BCUT2D eigenvalue weighted by molar-refractivity contribution is 7.89. The molecule has 1 saturated heterocycles. The zero-order chi connectivity index (χ0) is 21.9. The molecule has 1 aliphatic heterocycles. The molecule has 0 aromatic heterocycles. The van der Waals surface area contributed by atoms with Crippen molar-refractivity contribution >= 4 is 27.5 Å². The second kappa shape index (κ2) is 8.85. The minimum absolute atomic E-state index is 0.0447. The Bertz CT molecular complexity index is 1050. The summed E-state index contributed by atoms with van der Waals surface area (Å²) in [5.74, 6) is -0.730. The molecule has 0 bridgehead atoms. The number of nitrogens with zero attached hydrogens (tertiary/aromatic N) is 1. The summed E-state index contributed by atoms with van der Waals surface area (Å²) in [7, 11) is -2.17. The average Bonchev–Trinajstić information content (AvgIpc) is 2.73. The smallest absolute Gasteiger partial charge is 0.255 e. The second-order valence-electron chi connectivity index (χ2n) is 7.22. The highest BCUT2D eigenvalue weighted by Gasteiger charge is 2.30. The van der Waals surface area contributed by atoms with E-state index < -0.39 is 21.8 Å². The van der Waals surface area contributed by atoms with Crippen LogP contribution in [0.15, 0.2) is 47.4 Å². The van der Waals surface area contributed by atoms with Crippen LogP contribution in [0.3, 0.4) is 0 Å². The second-order valence-corrected chi connectivity index (χ2v) is 9.11. The van der Waals surface area contributed by atoms with Crippen LogP contribution in [-0.2, 0) is 10.0 Å². The predicted molar refractivity (Wildman–Crippen MR) is 113 cm³/mol. The van der Waals surface area contributed by atoms with Crippen molar-refractivity contribution in [1.29, 1.82) is 0 Å². The van der Waals surface area contributed by atoms with E-state index in [2.05, 4.69) is 5.32 Å². The zero-order valence-electron chi connectivity index (χ0n) is 16.9. The first-order valence-corrected chi connectivity index (χ1v) is 11.1. The summed E-state index contributed by atoms with van der Waals surface area (Å²) >= 11 is 0. The Labute approximate surface area is 176 Å². The molecule has 0 radical (unpaired) electrons. The third-order valence-electron chi connectivity index (χ3n) is 5.20. The van der Waals surface area contributed by atoms with Crippen LogP contribution < -0.4 is 15.8 Å². The minimum atomic E-state index is -3.61. The third-order valence-corrected chi connectivity index (χ3v) is 7.23. The predicted octanol–water partition coefficient (Wildman–Crippen LogP) is 2.61. The van der Waals surface area contributed by atoms with Crippen molar-refractivity contribution in [3.8, 4) is 5.75 Å². The number of nitrogens with one attached hydrogen (secondary N) is 1. The summed E-state index contributed by atoms with van der Waals surface area (Å²) in [6, 6.07) is 10.2. The number of carbonyl (C=O) groups excluding carboxylic acids is 2. The zero-order valence-corrected chi connectivity index (χ0v) is 17.7. The Hall–Kier alpha value is -2.91. The van der Waals surface area contributed by atoms with E-state index in [1.807, 2.05) is 6.92 Å². The Morgan fingerprint density at radius 3 is 2.37 bits per heavy atom. The molecule has 2 aromatic rings. The molecule has 1 heterocycles. The van der Waals surface area contributed by atoms with E-state index >= 15 is 0 Å². The summed E-state index contributed by atoms with van der Waals surface area (Å²) < 4.78 is 32.6.